The summed E-state index contributed by atoms with van der Waals surface area (Å²) in [6.07, 6.45) is 4.14. The third kappa shape index (κ3) is 2.46. The highest BCUT2D eigenvalue weighted by molar-refractivity contribution is 6.33. The van der Waals surface area contributed by atoms with E-state index < -0.39 is 0 Å². The zero-order valence-corrected chi connectivity index (χ0v) is 16.0. The molecule has 4 aromatic rings. The Balaban J connectivity index is 1.80. The van der Waals surface area contributed by atoms with Gasteiger partial charge in [-0.2, -0.15) is 0 Å². The fourth-order valence-electron chi connectivity index (χ4n) is 4.14. The van der Waals surface area contributed by atoms with Gasteiger partial charge in [0.05, 0.1) is 34.1 Å². The first-order valence-corrected chi connectivity index (χ1v) is 9.53. The van der Waals surface area contributed by atoms with E-state index >= 15 is 0 Å². The molecule has 1 fully saturated rings. The normalized spacial score (nSPS) is 14.4. The fraction of sp³-hybridized carbons (Fsp3) is 0.286. The lowest BCUT2D eigenvalue weighted by Crippen LogP contribution is -2.23. The zero-order valence-electron chi connectivity index (χ0n) is 16.0. The van der Waals surface area contributed by atoms with Crippen molar-refractivity contribution in [1.29, 1.82) is 0 Å². The van der Waals surface area contributed by atoms with E-state index in [0.29, 0.717) is 5.46 Å². The van der Waals surface area contributed by atoms with Crippen molar-refractivity contribution in [2.24, 2.45) is 7.05 Å². The number of rotatable bonds is 2. The minimum absolute atomic E-state index is 0.120. The van der Waals surface area contributed by atoms with Crippen LogP contribution in [-0.4, -0.2) is 40.0 Å². The smallest absolute Gasteiger partial charge is 0.333 e. The van der Waals surface area contributed by atoms with Crippen LogP contribution < -0.4 is 16.1 Å². The van der Waals surface area contributed by atoms with Gasteiger partial charge in [0, 0.05) is 25.5 Å². The van der Waals surface area contributed by atoms with Crippen molar-refractivity contribution in [3.63, 3.8) is 0 Å². The molecule has 0 N–H and O–H groups in total. The lowest BCUT2D eigenvalue weighted by atomic mass is 9.94. The third-order valence-corrected chi connectivity index (χ3v) is 5.62. The molecule has 7 heteroatoms. The SMILES string of the molecule is [B]c1ccc2ncc3c(c2c1)n(-c1ccc(N2CCCC2)nc1C)c(=O)n3C. The summed E-state index contributed by atoms with van der Waals surface area (Å²) in [6, 6.07) is 9.59. The van der Waals surface area contributed by atoms with E-state index in [1.807, 2.05) is 37.3 Å². The van der Waals surface area contributed by atoms with Crippen LogP contribution in [0.25, 0.3) is 27.6 Å². The summed E-state index contributed by atoms with van der Waals surface area (Å²) in [5.74, 6) is 0.975. The first-order chi connectivity index (χ1) is 13.5. The largest absolute Gasteiger partial charge is 0.357 e. The van der Waals surface area contributed by atoms with Crippen LogP contribution in [0.2, 0.25) is 0 Å². The van der Waals surface area contributed by atoms with Crippen molar-refractivity contribution in [3.05, 3.63) is 52.7 Å². The van der Waals surface area contributed by atoms with E-state index in [9.17, 15) is 4.79 Å². The molecule has 1 aromatic carbocycles. The van der Waals surface area contributed by atoms with Gasteiger partial charge in [-0.05, 0) is 38.0 Å². The number of anilines is 1. The van der Waals surface area contributed by atoms with Gasteiger partial charge in [0.2, 0.25) is 0 Å². The van der Waals surface area contributed by atoms with Crippen LogP contribution >= 0.6 is 0 Å². The number of imidazole rings is 1. The summed E-state index contributed by atoms with van der Waals surface area (Å²) >= 11 is 0. The van der Waals surface area contributed by atoms with E-state index in [1.165, 1.54) is 12.8 Å². The van der Waals surface area contributed by atoms with Crippen molar-refractivity contribution in [3.8, 4) is 5.69 Å². The first kappa shape index (κ1) is 17.0. The van der Waals surface area contributed by atoms with Gasteiger partial charge in [-0.3, -0.25) is 14.1 Å². The number of pyridine rings is 2. The van der Waals surface area contributed by atoms with Crippen molar-refractivity contribution < 1.29 is 0 Å². The summed E-state index contributed by atoms with van der Waals surface area (Å²) in [5.41, 5.74) is 4.52. The number of fused-ring (bicyclic) bond motifs is 3. The quantitative estimate of drug-likeness (QED) is 0.507. The summed E-state index contributed by atoms with van der Waals surface area (Å²) in [6.45, 7) is 4.03. The number of nitrogens with zero attached hydrogens (tertiary/aromatic N) is 5. The summed E-state index contributed by atoms with van der Waals surface area (Å²) < 4.78 is 3.35. The second-order valence-electron chi connectivity index (χ2n) is 7.41. The van der Waals surface area contributed by atoms with E-state index in [-0.39, 0.29) is 5.69 Å². The molecule has 3 aromatic heterocycles. The standard InChI is InChI=1S/C21H20BN5O/c1-13-17(7-8-19(24-13)26-9-3-4-10-26)27-20-15-11-14(22)5-6-16(15)23-12-18(20)25(2)21(27)28/h5-8,11-12H,3-4,9-10H2,1-2H3. The topological polar surface area (TPSA) is 56.0 Å². The molecule has 28 heavy (non-hydrogen) atoms. The second kappa shape index (κ2) is 6.22. The van der Waals surface area contributed by atoms with Crippen LogP contribution in [-0.2, 0) is 7.05 Å². The summed E-state index contributed by atoms with van der Waals surface area (Å²) in [4.78, 5) is 24.7. The molecule has 0 unspecified atom stereocenters. The Bertz CT molecular complexity index is 1280. The van der Waals surface area contributed by atoms with Crippen molar-refractivity contribution in [2.45, 2.75) is 19.8 Å². The molecule has 0 amide bonds. The molecule has 0 bridgehead atoms. The molecule has 6 nitrogen and oxygen atoms in total. The molecule has 0 spiro atoms. The predicted octanol–water partition coefficient (Wildman–Crippen LogP) is 1.97. The molecule has 0 saturated carbocycles. The highest BCUT2D eigenvalue weighted by Gasteiger charge is 2.19. The van der Waals surface area contributed by atoms with Crippen LogP contribution in [0.15, 0.2) is 41.3 Å². The maximum absolute atomic E-state index is 13.1. The highest BCUT2D eigenvalue weighted by Crippen LogP contribution is 2.27. The van der Waals surface area contributed by atoms with Gasteiger partial charge in [-0.25, -0.2) is 9.78 Å². The Morgan fingerprint density at radius 1 is 1.11 bits per heavy atom. The minimum Gasteiger partial charge on any atom is -0.357 e. The Morgan fingerprint density at radius 2 is 1.89 bits per heavy atom. The van der Waals surface area contributed by atoms with Crippen LogP contribution in [0, 0.1) is 6.92 Å². The van der Waals surface area contributed by atoms with Gasteiger partial charge in [0.15, 0.2) is 0 Å². The number of benzene rings is 1. The monoisotopic (exact) mass is 369 g/mol. The van der Waals surface area contributed by atoms with E-state index in [1.54, 1.807) is 22.4 Å². The maximum Gasteiger partial charge on any atom is 0.333 e. The van der Waals surface area contributed by atoms with Gasteiger partial charge in [-0.15, -0.1) is 0 Å². The van der Waals surface area contributed by atoms with Crippen molar-refractivity contribution in [2.75, 3.05) is 18.0 Å². The molecule has 1 saturated heterocycles. The molecule has 138 valence electrons. The summed E-state index contributed by atoms with van der Waals surface area (Å²) in [5, 5.41) is 0.859. The molecule has 4 heterocycles. The lowest BCUT2D eigenvalue weighted by Gasteiger charge is -2.18. The van der Waals surface area contributed by atoms with Crippen LogP contribution in [0.3, 0.4) is 0 Å². The van der Waals surface area contributed by atoms with Gasteiger partial charge in [-0.1, -0.05) is 17.6 Å². The average Bonchev–Trinajstić information content (AvgIpc) is 3.30. The minimum atomic E-state index is -0.120. The number of hydrogen-bond acceptors (Lipinski definition) is 4. The molecule has 1 aliphatic rings. The first-order valence-electron chi connectivity index (χ1n) is 9.53. The molecule has 1 aliphatic heterocycles. The summed E-state index contributed by atoms with van der Waals surface area (Å²) in [7, 11) is 7.79. The predicted molar refractivity (Wildman–Crippen MR) is 113 cm³/mol. The van der Waals surface area contributed by atoms with Crippen molar-refractivity contribution in [1.82, 2.24) is 19.1 Å². The molecule has 0 aliphatic carbocycles. The fourth-order valence-corrected chi connectivity index (χ4v) is 4.14. The molecule has 5 rings (SSSR count). The Labute approximate surface area is 163 Å². The average molecular weight is 369 g/mol. The van der Waals surface area contributed by atoms with E-state index in [2.05, 4.69) is 9.88 Å². The molecular weight excluding hydrogens is 349 g/mol. The molecule has 0 atom stereocenters. The Kier molecular flexibility index (Phi) is 3.79. The Hall–Kier alpha value is -3.09. The van der Waals surface area contributed by atoms with Gasteiger partial charge >= 0.3 is 5.69 Å². The van der Waals surface area contributed by atoms with E-state index in [4.69, 9.17) is 12.8 Å². The van der Waals surface area contributed by atoms with Gasteiger partial charge in [0.1, 0.15) is 13.7 Å². The van der Waals surface area contributed by atoms with Gasteiger partial charge < -0.3 is 4.90 Å². The Morgan fingerprint density at radius 3 is 2.64 bits per heavy atom. The zero-order chi connectivity index (χ0) is 19.4. The maximum atomic E-state index is 13.1. The second-order valence-corrected chi connectivity index (χ2v) is 7.41. The third-order valence-electron chi connectivity index (χ3n) is 5.62. The lowest BCUT2D eigenvalue weighted by molar-refractivity contribution is 0.837. The van der Waals surface area contributed by atoms with Crippen LogP contribution in [0.1, 0.15) is 18.5 Å². The molecule has 2 radical (unpaired) electrons. The highest BCUT2D eigenvalue weighted by atomic mass is 16.1. The molecular formula is C21H20BN5O. The van der Waals surface area contributed by atoms with E-state index in [0.717, 1.165) is 52.2 Å². The van der Waals surface area contributed by atoms with Crippen LogP contribution in [0.4, 0.5) is 5.82 Å². The van der Waals surface area contributed by atoms with Crippen molar-refractivity contribution >= 4 is 41.1 Å². The van der Waals surface area contributed by atoms with Crippen LogP contribution in [0.5, 0.6) is 0 Å². The van der Waals surface area contributed by atoms with Gasteiger partial charge in [0.25, 0.3) is 0 Å². The number of hydrogen-bond donors (Lipinski definition) is 0. The number of aryl methyl sites for hydroxylation is 2. The number of aromatic nitrogens is 4.